The van der Waals surface area contributed by atoms with E-state index in [0.717, 1.165) is 31.2 Å². The van der Waals surface area contributed by atoms with Crippen molar-refractivity contribution in [2.24, 2.45) is 5.92 Å². The van der Waals surface area contributed by atoms with Crippen molar-refractivity contribution in [3.63, 3.8) is 0 Å². The number of piperidine rings is 1. The van der Waals surface area contributed by atoms with Crippen molar-refractivity contribution in [1.82, 2.24) is 10.2 Å². The van der Waals surface area contributed by atoms with Crippen LogP contribution in [0.15, 0.2) is 24.3 Å². The molecule has 0 atom stereocenters. The topological polar surface area (TPSA) is 61.4 Å². The first-order chi connectivity index (χ1) is 12.1. The molecule has 0 aliphatic carbocycles. The third-order valence-corrected chi connectivity index (χ3v) is 4.76. The number of terminal acetylenes is 1. The number of nitrogens with one attached hydrogen (secondary N) is 2. The molecule has 0 saturated carbocycles. The maximum absolute atomic E-state index is 12.4. The van der Waals surface area contributed by atoms with Crippen LogP contribution in [0.4, 0.5) is 10.5 Å². The molecule has 0 bridgehead atoms. The van der Waals surface area contributed by atoms with Gasteiger partial charge in [-0.25, -0.2) is 4.79 Å². The second kappa shape index (κ2) is 9.12. The van der Waals surface area contributed by atoms with Crippen LogP contribution in [-0.4, -0.2) is 36.0 Å². The Labute approximate surface area is 150 Å². The van der Waals surface area contributed by atoms with Crippen molar-refractivity contribution < 1.29 is 9.59 Å². The molecule has 0 radical (unpaired) electrons. The average Bonchev–Trinajstić information content (AvgIpc) is 2.63. The lowest BCUT2D eigenvalue weighted by Crippen LogP contribution is -2.48. The summed E-state index contributed by atoms with van der Waals surface area (Å²) in [5.74, 6) is 2.92. The smallest absolute Gasteiger partial charge is 0.319 e. The van der Waals surface area contributed by atoms with Gasteiger partial charge in [0.2, 0.25) is 5.91 Å². The Morgan fingerprint density at radius 1 is 1.28 bits per heavy atom. The molecule has 2 N–H and O–H groups in total. The van der Waals surface area contributed by atoms with Gasteiger partial charge in [-0.05, 0) is 43.9 Å². The maximum atomic E-state index is 12.4. The fourth-order valence-electron chi connectivity index (χ4n) is 3.18. The predicted octanol–water partition coefficient (Wildman–Crippen LogP) is 3.22. The number of urea groups is 1. The van der Waals surface area contributed by atoms with Gasteiger partial charge in [0.05, 0.1) is 0 Å². The van der Waals surface area contributed by atoms with E-state index in [-0.39, 0.29) is 23.9 Å². The van der Waals surface area contributed by atoms with Gasteiger partial charge in [-0.3, -0.25) is 4.79 Å². The Balaban J connectivity index is 1.80. The summed E-state index contributed by atoms with van der Waals surface area (Å²) >= 11 is 0. The molecule has 1 fully saturated rings. The quantitative estimate of drug-likeness (QED) is 0.808. The lowest BCUT2D eigenvalue weighted by molar-refractivity contribution is -0.136. The van der Waals surface area contributed by atoms with Gasteiger partial charge in [0, 0.05) is 36.3 Å². The minimum atomic E-state index is -0.237. The zero-order chi connectivity index (χ0) is 18.2. The highest BCUT2D eigenvalue weighted by Crippen LogP contribution is 2.17. The summed E-state index contributed by atoms with van der Waals surface area (Å²) < 4.78 is 0. The molecule has 1 heterocycles. The van der Waals surface area contributed by atoms with Crippen LogP contribution in [0.1, 0.15) is 45.1 Å². The summed E-state index contributed by atoms with van der Waals surface area (Å²) in [6.07, 6.45) is 8.69. The van der Waals surface area contributed by atoms with Gasteiger partial charge in [0.15, 0.2) is 0 Å². The fraction of sp³-hybridized carbons (Fsp3) is 0.500. The highest BCUT2D eigenvalue weighted by Gasteiger charge is 2.27. The van der Waals surface area contributed by atoms with E-state index < -0.39 is 0 Å². The van der Waals surface area contributed by atoms with Crippen LogP contribution in [0.25, 0.3) is 0 Å². The molecule has 25 heavy (non-hydrogen) atoms. The average molecular weight is 341 g/mol. The normalized spacial score (nSPS) is 14.9. The standard InChI is InChI=1S/C20H27N3O2/c1-4-15-8-7-9-18(14-15)22-20(25)21-17-10-12-23(13-11-17)19(24)16(5-2)6-3/h1,7-9,14,16-17H,5-6,10-13H2,2-3H3,(H2,21,22,25). The van der Waals surface area contributed by atoms with Crippen LogP contribution in [-0.2, 0) is 4.79 Å². The first-order valence-electron chi connectivity index (χ1n) is 9.00. The molecule has 2 rings (SSSR count). The van der Waals surface area contributed by atoms with Crippen LogP contribution < -0.4 is 10.6 Å². The lowest BCUT2D eigenvalue weighted by atomic mass is 9.98. The zero-order valence-corrected chi connectivity index (χ0v) is 15.0. The first-order valence-corrected chi connectivity index (χ1v) is 9.00. The summed E-state index contributed by atoms with van der Waals surface area (Å²) in [6, 6.07) is 7.04. The number of carbonyl (C=O) groups excluding carboxylic acids is 2. The van der Waals surface area contributed by atoms with Gasteiger partial charge in [-0.15, -0.1) is 6.42 Å². The van der Waals surface area contributed by atoms with Gasteiger partial charge in [0.25, 0.3) is 0 Å². The van der Waals surface area contributed by atoms with E-state index in [1.54, 1.807) is 12.1 Å². The van der Waals surface area contributed by atoms with Crippen molar-refractivity contribution in [2.45, 2.75) is 45.6 Å². The molecule has 1 aromatic rings. The van der Waals surface area contributed by atoms with E-state index >= 15 is 0 Å². The summed E-state index contributed by atoms with van der Waals surface area (Å²) in [5, 5.41) is 5.79. The van der Waals surface area contributed by atoms with E-state index in [9.17, 15) is 9.59 Å². The maximum Gasteiger partial charge on any atom is 0.319 e. The van der Waals surface area contributed by atoms with Crippen molar-refractivity contribution in [1.29, 1.82) is 0 Å². The molecule has 1 aromatic carbocycles. The summed E-state index contributed by atoms with van der Waals surface area (Å²) in [4.78, 5) is 26.5. The lowest BCUT2D eigenvalue weighted by Gasteiger charge is -2.34. The van der Waals surface area contributed by atoms with Crippen molar-refractivity contribution >= 4 is 17.6 Å². The SMILES string of the molecule is C#Cc1cccc(NC(=O)NC2CCN(C(=O)C(CC)CC)CC2)c1. The highest BCUT2D eigenvalue weighted by atomic mass is 16.2. The number of likely N-dealkylation sites (tertiary alicyclic amines) is 1. The Morgan fingerprint density at radius 3 is 2.56 bits per heavy atom. The highest BCUT2D eigenvalue weighted by molar-refractivity contribution is 5.89. The Kier molecular flexibility index (Phi) is 6.88. The van der Waals surface area contributed by atoms with E-state index in [0.29, 0.717) is 18.8 Å². The molecule has 5 heteroatoms. The number of benzene rings is 1. The molecule has 0 spiro atoms. The van der Waals surface area contributed by atoms with Crippen molar-refractivity contribution in [3.05, 3.63) is 29.8 Å². The monoisotopic (exact) mass is 341 g/mol. The fourth-order valence-corrected chi connectivity index (χ4v) is 3.18. The van der Waals surface area contributed by atoms with Crippen LogP contribution in [0, 0.1) is 18.3 Å². The molecule has 0 unspecified atom stereocenters. The van der Waals surface area contributed by atoms with Gasteiger partial charge in [0.1, 0.15) is 0 Å². The molecule has 134 valence electrons. The largest absolute Gasteiger partial charge is 0.342 e. The number of rotatable bonds is 5. The van der Waals surface area contributed by atoms with Gasteiger partial charge < -0.3 is 15.5 Å². The van der Waals surface area contributed by atoms with E-state index in [2.05, 4.69) is 30.4 Å². The Bertz CT molecular complexity index is 639. The number of hydrogen-bond donors (Lipinski definition) is 2. The molecule has 1 aliphatic rings. The minimum Gasteiger partial charge on any atom is -0.342 e. The summed E-state index contributed by atoms with van der Waals surface area (Å²) in [5.41, 5.74) is 1.40. The van der Waals surface area contributed by atoms with Crippen LogP contribution >= 0.6 is 0 Å². The molecule has 3 amide bonds. The molecular formula is C20H27N3O2. The second-order valence-electron chi connectivity index (χ2n) is 6.44. The van der Waals surface area contributed by atoms with Crippen LogP contribution in [0.5, 0.6) is 0 Å². The number of carbonyl (C=O) groups is 2. The predicted molar refractivity (Wildman–Crippen MR) is 100 cm³/mol. The first kappa shape index (κ1) is 18.9. The minimum absolute atomic E-state index is 0.0848. The molecule has 1 aliphatic heterocycles. The number of nitrogens with zero attached hydrogens (tertiary/aromatic N) is 1. The van der Waals surface area contributed by atoms with E-state index in [1.807, 2.05) is 17.0 Å². The van der Waals surface area contributed by atoms with Gasteiger partial charge in [-0.2, -0.15) is 0 Å². The summed E-state index contributed by atoms with van der Waals surface area (Å²) in [6.45, 7) is 5.51. The Morgan fingerprint density at radius 2 is 1.96 bits per heavy atom. The molecule has 0 aromatic heterocycles. The van der Waals surface area contributed by atoms with E-state index in [1.165, 1.54) is 0 Å². The third-order valence-electron chi connectivity index (χ3n) is 4.76. The van der Waals surface area contributed by atoms with E-state index in [4.69, 9.17) is 6.42 Å². The van der Waals surface area contributed by atoms with Gasteiger partial charge >= 0.3 is 6.03 Å². The number of hydrogen-bond acceptors (Lipinski definition) is 2. The van der Waals surface area contributed by atoms with Crippen LogP contribution in [0.2, 0.25) is 0 Å². The number of amides is 3. The Hall–Kier alpha value is -2.48. The molecule has 5 nitrogen and oxygen atoms in total. The molecule has 1 saturated heterocycles. The summed E-state index contributed by atoms with van der Waals surface area (Å²) in [7, 11) is 0. The van der Waals surface area contributed by atoms with Crippen molar-refractivity contribution in [3.8, 4) is 12.3 Å². The van der Waals surface area contributed by atoms with Crippen LogP contribution in [0.3, 0.4) is 0 Å². The second-order valence-corrected chi connectivity index (χ2v) is 6.44. The molecular weight excluding hydrogens is 314 g/mol. The van der Waals surface area contributed by atoms with Crippen molar-refractivity contribution in [2.75, 3.05) is 18.4 Å². The number of anilines is 1. The third kappa shape index (κ3) is 5.25. The van der Waals surface area contributed by atoms with Gasteiger partial charge in [-0.1, -0.05) is 25.8 Å². The zero-order valence-electron chi connectivity index (χ0n) is 15.0.